The van der Waals surface area contributed by atoms with E-state index in [1.54, 1.807) is 0 Å². The third-order valence-electron chi connectivity index (χ3n) is 3.49. The molecule has 1 heterocycles. The first-order valence-corrected chi connectivity index (χ1v) is 7.05. The molecular weight excluding hydrogens is 222 g/mol. The molecule has 1 aliphatic heterocycles. The molecular formula is C16H25NO. The van der Waals surface area contributed by atoms with Crippen molar-refractivity contribution >= 4 is 0 Å². The van der Waals surface area contributed by atoms with Crippen LogP contribution in [0.3, 0.4) is 0 Å². The maximum absolute atomic E-state index is 5.77. The number of hydrogen-bond acceptors (Lipinski definition) is 2. The van der Waals surface area contributed by atoms with Gasteiger partial charge in [0.2, 0.25) is 0 Å². The molecule has 1 aromatic carbocycles. The van der Waals surface area contributed by atoms with Gasteiger partial charge in [-0.3, -0.25) is 4.90 Å². The van der Waals surface area contributed by atoms with Crippen LogP contribution in [0.1, 0.15) is 26.3 Å². The summed E-state index contributed by atoms with van der Waals surface area (Å²) in [5.41, 5.74) is 1.44. The van der Waals surface area contributed by atoms with Crippen molar-refractivity contribution in [3.05, 3.63) is 35.9 Å². The van der Waals surface area contributed by atoms with Crippen molar-refractivity contribution in [3.63, 3.8) is 0 Å². The molecule has 0 saturated carbocycles. The molecule has 0 bridgehead atoms. The molecule has 100 valence electrons. The molecule has 3 unspecified atom stereocenters. The van der Waals surface area contributed by atoms with E-state index in [-0.39, 0.29) is 0 Å². The molecule has 1 aromatic rings. The Labute approximate surface area is 111 Å². The Morgan fingerprint density at radius 1 is 1.17 bits per heavy atom. The SMILES string of the molecule is CC(Cc1ccccc1)CN1CC(C)OC(C)C1. The van der Waals surface area contributed by atoms with Gasteiger partial charge in [-0.05, 0) is 31.7 Å². The van der Waals surface area contributed by atoms with E-state index in [0.717, 1.165) is 13.1 Å². The smallest absolute Gasteiger partial charge is 0.0678 e. The molecule has 0 amide bonds. The maximum atomic E-state index is 5.77. The summed E-state index contributed by atoms with van der Waals surface area (Å²) < 4.78 is 5.77. The summed E-state index contributed by atoms with van der Waals surface area (Å²) >= 11 is 0. The van der Waals surface area contributed by atoms with E-state index in [1.165, 1.54) is 18.5 Å². The number of benzene rings is 1. The fraction of sp³-hybridized carbons (Fsp3) is 0.625. The van der Waals surface area contributed by atoms with Crippen LogP contribution in [0, 0.1) is 5.92 Å². The Balaban J connectivity index is 1.82. The Morgan fingerprint density at radius 3 is 2.39 bits per heavy atom. The van der Waals surface area contributed by atoms with Crippen LogP contribution < -0.4 is 0 Å². The topological polar surface area (TPSA) is 12.5 Å². The molecule has 2 nitrogen and oxygen atoms in total. The second-order valence-electron chi connectivity index (χ2n) is 5.77. The van der Waals surface area contributed by atoms with Crippen molar-refractivity contribution in [2.24, 2.45) is 5.92 Å². The zero-order chi connectivity index (χ0) is 13.0. The summed E-state index contributed by atoms with van der Waals surface area (Å²) in [5, 5.41) is 0. The van der Waals surface area contributed by atoms with Crippen LogP contribution in [0.15, 0.2) is 30.3 Å². The van der Waals surface area contributed by atoms with Gasteiger partial charge in [0.05, 0.1) is 12.2 Å². The van der Waals surface area contributed by atoms with Gasteiger partial charge in [0, 0.05) is 19.6 Å². The zero-order valence-electron chi connectivity index (χ0n) is 11.8. The molecule has 0 radical (unpaired) electrons. The average Bonchev–Trinajstić information content (AvgIpc) is 2.28. The quantitative estimate of drug-likeness (QED) is 0.811. The van der Waals surface area contributed by atoms with E-state index in [4.69, 9.17) is 4.74 Å². The van der Waals surface area contributed by atoms with E-state index in [0.29, 0.717) is 18.1 Å². The molecule has 2 heteroatoms. The highest BCUT2D eigenvalue weighted by atomic mass is 16.5. The molecule has 0 aromatic heterocycles. The largest absolute Gasteiger partial charge is 0.373 e. The highest BCUT2D eigenvalue weighted by Gasteiger charge is 2.23. The number of morpholine rings is 1. The predicted molar refractivity (Wildman–Crippen MR) is 75.8 cm³/mol. The summed E-state index contributed by atoms with van der Waals surface area (Å²) in [6.07, 6.45) is 1.91. The fourth-order valence-corrected chi connectivity index (χ4v) is 2.96. The van der Waals surface area contributed by atoms with Crippen LogP contribution in [-0.2, 0) is 11.2 Å². The molecule has 1 fully saturated rings. The minimum atomic E-state index is 0.373. The monoisotopic (exact) mass is 247 g/mol. The number of ether oxygens (including phenoxy) is 1. The fourth-order valence-electron chi connectivity index (χ4n) is 2.96. The van der Waals surface area contributed by atoms with E-state index in [2.05, 4.69) is 56.0 Å². The number of nitrogens with zero attached hydrogens (tertiary/aromatic N) is 1. The molecule has 0 spiro atoms. The van der Waals surface area contributed by atoms with Gasteiger partial charge in [-0.2, -0.15) is 0 Å². The van der Waals surface area contributed by atoms with Gasteiger partial charge in [-0.1, -0.05) is 37.3 Å². The molecule has 1 saturated heterocycles. The first-order valence-electron chi connectivity index (χ1n) is 7.05. The lowest BCUT2D eigenvalue weighted by Crippen LogP contribution is -2.47. The second kappa shape index (κ2) is 6.35. The molecule has 18 heavy (non-hydrogen) atoms. The molecule has 0 N–H and O–H groups in total. The van der Waals surface area contributed by atoms with Crippen molar-refractivity contribution in [1.82, 2.24) is 4.90 Å². The summed E-state index contributed by atoms with van der Waals surface area (Å²) in [5.74, 6) is 0.699. The predicted octanol–water partition coefficient (Wildman–Crippen LogP) is 2.97. The van der Waals surface area contributed by atoms with Crippen molar-refractivity contribution in [1.29, 1.82) is 0 Å². The van der Waals surface area contributed by atoms with Crippen LogP contribution in [-0.4, -0.2) is 36.7 Å². The van der Waals surface area contributed by atoms with Crippen LogP contribution in [0.5, 0.6) is 0 Å². The number of rotatable bonds is 4. The van der Waals surface area contributed by atoms with Crippen LogP contribution >= 0.6 is 0 Å². The standard InChI is InChI=1S/C16H25NO/c1-13(9-16-7-5-4-6-8-16)10-17-11-14(2)18-15(3)12-17/h4-8,13-15H,9-12H2,1-3H3. The Hall–Kier alpha value is -0.860. The summed E-state index contributed by atoms with van der Waals surface area (Å²) in [7, 11) is 0. The Bertz CT molecular complexity index is 341. The van der Waals surface area contributed by atoms with Gasteiger partial charge in [-0.25, -0.2) is 0 Å². The van der Waals surface area contributed by atoms with E-state index in [1.807, 2.05) is 0 Å². The first-order chi connectivity index (χ1) is 8.63. The molecule has 1 aliphatic rings. The van der Waals surface area contributed by atoms with Crippen LogP contribution in [0.4, 0.5) is 0 Å². The Kier molecular flexibility index (Phi) is 4.79. The number of hydrogen-bond donors (Lipinski definition) is 0. The van der Waals surface area contributed by atoms with Crippen molar-refractivity contribution in [2.75, 3.05) is 19.6 Å². The third-order valence-corrected chi connectivity index (χ3v) is 3.49. The van der Waals surface area contributed by atoms with Gasteiger partial charge in [-0.15, -0.1) is 0 Å². The third kappa shape index (κ3) is 4.11. The molecule has 2 rings (SSSR count). The van der Waals surface area contributed by atoms with Gasteiger partial charge in [0.1, 0.15) is 0 Å². The second-order valence-corrected chi connectivity index (χ2v) is 5.77. The van der Waals surface area contributed by atoms with Crippen LogP contribution in [0.25, 0.3) is 0 Å². The van der Waals surface area contributed by atoms with E-state index >= 15 is 0 Å². The zero-order valence-corrected chi connectivity index (χ0v) is 11.8. The normalized spacial score (nSPS) is 27.1. The minimum Gasteiger partial charge on any atom is -0.373 e. The van der Waals surface area contributed by atoms with Crippen molar-refractivity contribution in [3.8, 4) is 0 Å². The van der Waals surface area contributed by atoms with E-state index < -0.39 is 0 Å². The van der Waals surface area contributed by atoms with Crippen molar-refractivity contribution < 1.29 is 4.74 Å². The lowest BCUT2D eigenvalue weighted by molar-refractivity contribution is -0.0708. The van der Waals surface area contributed by atoms with Gasteiger partial charge < -0.3 is 4.74 Å². The average molecular weight is 247 g/mol. The molecule has 3 atom stereocenters. The lowest BCUT2D eigenvalue weighted by atomic mass is 10.00. The summed E-state index contributed by atoms with van der Waals surface area (Å²) in [6, 6.07) is 10.8. The van der Waals surface area contributed by atoms with Crippen molar-refractivity contribution in [2.45, 2.75) is 39.4 Å². The summed E-state index contributed by atoms with van der Waals surface area (Å²) in [4.78, 5) is 2.55. The maximum Gasteiger partial charge on any atom is 0.0678 e. The van der Waals surface area contributed by atoms with Gasteiger partial charge >= 0.3 is 0 Å². The van der Waals surface area contributed by atoms with Crippen LogP contribution in [0.2, 0.25) is 0 Å². The Morgan fingerprint density at radius 2 is 1.78 bits per heavy atom. The van der Waals surface area contributed by atoms with Gasteiger partial charge in [0.15, 0.2) is 0 Å². The summed E-state index contributed by atoms with van der Waals surface area (Å²) in [6.45, 7) is 10.0. The highest BCUT2D eigenvalue weighted by Crippen LogP contribution is 2.15. The highest BCUT2D eigenvalue weighted by molar-refractivity contribution is 5.15. The lowest BCUT2D eigenvalue weighted by Gasteiger charge is -2.36. The first kappa shape index (κ1) is 13.6. The molecule has 0 aliphatic carbocycles. The van der Waals surface area contributed by atoms with E-state index in [9.17, 15) is 0 Å². The minimum absolute atomic E-state index is 0.373. The van der Waals surface area contributed by atoms with Gasteiger partial charge in [0.25, 0.3) is 0 Å².